The van der Waals surface area contributed by atoms with Gasteiger partial charge in [0.2, 0.25) is 5.88 Å². The molecule has 1 aliphatic carbocycles. The van der Waals surface area contributed by atoms with Gasteiger partial charge in [0.25, 0.3) is 0 Å². The third-order valence-corrected chi connectivity index (χ3v) is 4.16. The van der Waals surface area contributed by atoms with Gasteiger partial charge in [-0.3, -0.25) is 0 Å². The van der Waals surface area contributed by atoms with Crippen LogP contribution in [0.5, 0.6) is 5.88 Å². The first-order chi connectivity index (χ1) is 9.30. The van der Waals surface area contributed by atoms with Gasteiger partial charge in [-0.1, -0.05) is 0 Å². The van der Waals surface area contributed by atoms with E-state index >= 15 is 0 Å². The number of ether oxygens (including phenoxy) is 2. The highest BCUT2D eigenvalue weighted by molar-refractivity contribution is 5.43. The van der Waals surface area contributed by atoms with Crippen LogP contribution in [0.2, 0.25) is 0 Å². The van der Waals surface area contributed by atoms with E-state index in [2.05, 4.69) is 10.3 Å². The van der Waals surface area contributed by atoms with Crippen LogP contribution in [-0.2, 0) is 4.74 Å². The van der Waals surface area contributed by atoms with Crippen LogP contribution in [0.4, 0.5) is 5.69 Å². The first kappa shape index (κ1) is 12.7. The van der Waals surface area contributed by atoms with Crippen LogP contribution in [0, 0.1) is 0 Å². The molecule has 1 N–H and O–H groups in total. The van der Waals surface area contributed by atoms with Crippen molar-refractivity contribution in [2.24, 2.45) is 0 Å². The Labute approximate surface area is 114 Å². The number of anilines is 1. The molecule has 1 atom stereocenters. The predicted molar refractivity (Wildman–Crippen MR) is 74.6 cm³/mol. The largest absolute Gasteiger partial charge is 0.478 e. The number of hydrogen-bond donors (Lipinski definition) is 1. The lowest BCUT2D eigenvalue weighted by Crippen LogP contribution is -2.49. The van der Waals surface area contributed by atoms with E-state index in [1.807, 2.05) is 25.3 Å². The molecule has 0 amide bonds. The van der Waals surface area contributed by atoms with Gasteiger partial charge >= 0.3 is 0 Å². The van der Waals surface area contributed by atoms with E-state index in [4.69, 9.17) is 9.47 Å². The Morgan fingerprint density at radius 1 is 1.47 bits per heavy atom. The Balaban J connectivity index is 1.58. The van der Waals surface area contributed by atoms with Gasteiger partial charge in [-0.15, -0.1) is 0 Å². The quantitative estimate of drug-likeness (QED) is 0.906. The van der Waals surface area contributed by atoms with E-state index in [1.165, 1.54) is 19.3 Å². The lowest BCUT2D eigenvalue weighted by molar-refractivity contribution is -0.130. The molecule has 0 bridgehead atoms. The van der Waals surface area contributed by atoms with Crippen molar-refractivity contribution in [1.82, 2.24) is 4.98 Å². The van der Waals surface area contributed by atoms with Crippen molar-refractivity contribution in [2.45, 2.75) is 50.7 Å². The van der Waals surface area contributed by atoms with Gasteiger partial charge in [0.1, 0.15) is 0 Å². The monoisotopic (exact) mass is 262 g/mol. The summed E-state index contributed by atoms with van der Waals surface area (Å²) in [4.78, 5) is 4.29. The number of aromatic nitrogens is 1. The molecular formula is C15H22N2O2. The van der Waals surface area contributed by atoms with Gasteiger partial charge in [-0.25, -0.2) is 4.98 Å². The molecule has 2 aliphatic rings. The summed E-state index contributed by atoms with van der Waals surface area (Å²) in [6, 6.07) is 4.47. The van der Waals surface area contributed by atoms with Crippen LogP contribution in [0.15, 0.2) is 18.3 Å². The van der Waals surface area contributed by atoms with Crippen LogP contribution >= 0.6 is 0 Å². The minimum absolute atomic E-state index is 0.189. The number of rotatable bonds is 4. The van der Waals surface area contributed by atoms with Gasteiger partial charge in [-0.2, -0.15) is 0 Å². The fourth-order valence-electron chi connectivity index (χ4n) is 3.01. The average molecular weight is 262 g/mol. The molecule has 0 aromatic carbocycles. The van der Waals surface area contributed by atoms with Crippen molar-refractivity contribution < 1.29 is 9.47 Å². The normalized spacial score (nSPS) is 24.8. The van der Waals surface area contributed by atoms with E-state index in [1.54, 1.807) is 0 Å². The lowest BCUT2D eigenvalue weighted by Gasteiger charge is -2.47. The summed E-state index contributed by atoms with van der Waals surface area (Å²) in [5.74, 6) is 0.690. The molecule has 3 rings (SSSR count). The first-order valence-corrected chi connectivity index (χ1v) is 7.29. The second-order valence-corrected chi connectivity index (χ2v) is 5.54. The minimum atomic E-state index is 0.189. The summed E-state index contributed by atoms with van der Waals surface area (Å²) < 4.78 is 11.3. The fraction of sp³-hybridized carbons (Fsp3) is 0.667. The molecule has 104 valence electrons. The summed E-state index contributed by atoms with van der Waals surface area (Å²) in [7, 11) is 0. The Morgan fingerprint density at radius 3 is 3.00 bits per heavy atom. The molecule has 4 heteroatoms. The highest BCUT2D eigenvalue weighted by Gasteiger charge is 2.42. The molecule has 2 fully saturated rings. The molecule has 19 heavy (non-hydrogen) atoms. The molecule has 1 aliphatic heterocycles. The summed E-state index contributed by atoms with van der Waals surface area (Å²) in [6.07, 6.45) is 7.83. The van der Waals surface area contributed by atoms with Crippen molar-refractivity contribution in [3.63, 3.8) is 0 Å². The highest BCUT2D eigenvalue weighted by atomic mass is 16.5. The molecule has 2 heterocycles. The maximum atomic E-state index is 5.94. The van der Waals surface area contributed by atoms with Crippen LogP contribution in [0.3, 0.4) is 0 Å². The highest BCUT2D eigenvalue weighted by Crippen LogP contribution is 2.42. The molecule has 0 radical (unpaired) electrons. The number of nitrogens with zero attached hydrogens (tertiary/aromatic N) is 1. The van der Waals surface area contributed by atoms with Crippen LogP contribution in [0.25, 0.3) is 0 Å². The zero-order chi connectivity index (χ0) is 13.1. The summed E-state index contributed by atoms with van der Waals surface area (Å²) in [5, 5.41) is 3.58. The van der Waals surface area contributed by atoms with Crippen LogP contribution in [-0.4, -0.2) is 29.8 Å². The van der Waals surface area contributed by atoms with Gasteiger partial charge in [0.15, 0.2) is 0 Å². The van der Waals surface area contributed by atoms with Crippen molar-refractivity contribution >= 4 is 5.69 Å². The Morgan fingerprint density at radius 2 is 2.37 bits per heavy atom. The van der Waals surface area contributed by atoms with Crippen molar-refractivity contribution in [3.05, 3.63) is 18.3 Å². The zero-order valence-corrected chi connectivity index (χ0v) is 11.5. The lowest BCUT2D eigenvalue weighted by atomic mass is 9.74. The van der Waals surface area contributed by atoms with Gasteiger partial charge in [0.05, 0.1) is 24.1 Å². The van der Waals surface area contributed by atoms with Crippen molar-refractivity contribution in [1.29, 1.82) is 0 Å². The molecule has 1 saturated heterocycles. The second kappa shape index (κ2) is 5.37. The summed E-state index contributed by atoms with van der Waals surface area (Å²) in [5.41, 5.74) is 1.26. The van der Waals surface area contributed by atoms with E-state index in [9.17, 15) is 0 Å². The van der Waals surface area contributed by atoms with E-state index in [-0.39, 0.29) is 5.60 Å². The number of pyridine rings is 1. The van der Waals surface area contributed by atoms with E-state index in [0.717, 1.165) is 25.1 Å². The topological polar surface area (TPSA) is 43.4 Å². The van der Waals surface area contributed by atoms with Gasteiger partial charge in [-0.05, 0) is 45.1 Å². The Kier molecular flexibility index (Phi) is 3.60. The third kappa shape index (κ3) is 2.84. The average Bonchev–Trinajstić information content (AvgIpc) is 2.40. The Bertz CT molecular complexity index is 415. The SMILES string of the molecule is CCOc1ccc(NC2CCOC3(CCC3)C2)cn1. The second-order valence-electron chi connectivity index (χ2n) is 5.54. The first-order valence-electron chi connectivity index (χ1n) is 7.29. The van der Waals surface area contributed by atoms with E-state index < -0.39 is 0 Å². The van der Waals surface area contributed by atoms with Gasteiger partial charge in [0, 0.05) is 18.7 Å². The van der Waals surface area contributed by atoms with Crippen molar-refractivity contribution in [3.8, 4) is 5.88 Å². The third-order valence-electron chi connectivity index (χ3n) is 4.16. The van der Waals surface area contributed by atoms with Crippen LogP contribution < -0.4 is 10.1 Å². The molecule has 1 unspecified atom stereocenters. The maximum Gasteiger partial charge on any atom is 0.213 e. The molecule has 1 spiro atoms. The fourth-order valence-corrected chi connectivity index (χ4v) is 3.01. The smallest absolute Gasteiger partial charge is 0.213 e. The number of hydrogen-bond acceptors (Lipinski definition) is 4. The maximum absolute atomic E-state index is 5.94. The molecule has 1 aromatic heterocycles. The molecular weight excluding hydrogens is 240 g/mol. The molecule has 1 saturated carbocycles. The van der Waals surface area contributed by atoms with E-state index in [0.29, 0.717) is 18.5 Å². The van der Waals surface area contributed by atoms with Crippen molar-refractivity contribution in [2.75, 3.05) is 18.5 Å². The van der Waals surface area contributed by atoms with Gasteiger partial charge < -0.3 is 14.8 Å². The predicted octanol–water partition coefficient (Wildman–Crippen LogP) is 2.99. The minimum Gasteiger partial charge on any atom is -0.478 e. The zero-order valence-electron chi connectivity index (χ0n) is 11.5. The summed E-state index contributed by atoms with van der Waals surface area (Å²) >= 11 is 0. The standard InChI is InChI=1S/C15H22N2O2/c1-2-18-14-5-4-13(11-16-14)17-12-6-9-19-15(10-12)7-3-8-15/h4-5,11-12,17H,2-3,6-10H2,1H3. The van der Waals surface area contributed by atoms with Crippen LogP contribution in [0.1, 0.15) is 39.0 Å². The molecule has 4 nitrogen and oxygen atoms in total. The number of nitrogens with one attached hydrogen (secondary N) is 1. The molecule has 1 aromatic rings. The summed E-state index contributed by atoms with van der Waals surface area (Å²) in [6.45, 7) is 3.50. The Hall–Kier alpha value is -1.29.